The molecule has 0 bridgehead atoms. The van der Waals surface area contributed by atoms with Gasteiger partial charge >= 0.3 is 0 Å². The number of aryl methyl sites for hydroxylation is 1. The summed E-state index contributed by atoms with van der Waals surface area (Å²) in [6, 6.07) is 8.58. The Bertz CT molecular complexity index is 312. The first-order valence-electron chi connectivity index (χ1n) is 5.20. The fraction of sp³-hybridized carbons (Fsp3) is 0.500. The zero-order valence-electron chi connectivity index (χ0n) is 8.62. The van der Waals surface area contributed by atoms with E-state index in [9.17, 15) is 0 Å². The van der Waals surface area contributed by atoms with Gasteiger partial charge in [0.15, 0.2) is 0 Å². The molecule has 1 aliphatic carbocycles. The van der Waals surface area contributed by atoms with E-state index in [-0.39, 0.29) is 0 Å². The lowest BCUT2D eigenvalue weighted by Gasteiger charge is -2.40. The zero-order chi connectivity index (χ0) is 10.0. The van der Waals surface area contributed by atoms with E-state index in [0.29, 0.717) is 4.75 Å². The summed E-state index contributed by atoms with van der Waals surface area (Å²) in [5, 5.41) is 0. The summed E-state index contributed by atoms with van der Waals surface area (Å²) in [5.41, 5.74) is 7.22. The van der Waals surface area contributed by atoms with Crippen LogP contribution >= 0.6 is 11.8 Å². The largest absolute Gasteiger partial charge is 0.329 e. The Kier molecular flexibility index (Phi) is 2.84. The molecule has 14 heavy (non-hydrogen) atoms. The summed E-state index contributed by atoms with van der Waals surface area (Å²) in [5.74, 6) is 0. The first-order valence-corrected chi connectivity index (χ1v) is 6.02. The fourth-order valence-corrected chi connectivity index (χ4v) is 3.24. The van der Waals surface area contributed by atoms with Gasteiger partial charge in [-0.1, -0.05) is 24.6 Å². The standard InChI is InChI=1S/C12H17NS/c1-10-5-2-3-6-11(10)14-12(9-13)7-4-8-12/h2-3,5-6H,4,7-9,13H2,1H3. The monoisotopic (exact) mass is 207 g/mol. The van der Waals surface area contributed by atoms with Crippen LogP contribution in [0.2, 0.25) is 0 Å². The molecule has 0 aromatic heterocycles. The van der Waals surface area contributed by atoms with Crippen LogP contribution in [0.25, 0.3) is 0 Å². The van der Waals surface area contributed by atoms with E-state index in [2.05, 4.69) is 31.2 Å². The lowest BCUT2D eigenvalue weighted by molar-refractivity contribution is 0.371. The third-order valence-corrected chi connectivity index (χ3v) is 4.74. The maximum Gasteiger partial charge on any atom is 0.0329 e. The second-order valence-corrected chi connectivity index (χ2v) is 5.62. The SMILES string of the molecule is Cc1ccccc1SC1(CN)CCC1. The molecule has 0 atom stereocenters. The number of hydrogen-bond donors (Lipinski definition) is 1. The second kappa shape index (κ2) is 3.95. The Morgan fingerprint density at radius 3 is 2.57 bits per heavy atom. The highest BCUT2D eigenvalue weighted by Crippen LogP contribution is 2.47. The number of thioether (sulfide) groups is 1. The highest BCUT2D eigenvalue weighted by atomic mass is 32.2. The molecule has 0 saturated heterocycles. The molecule has 2 rings (SSSR count). The highest BCUT2D eigenvalue weighted by molar-refractivity contribution is 8.00. The van der Waals surface area contributed by atoms with E-state index < -0.39 is 0 Å². The predicted molar refractivity (Wildman–Crippen MR) is 62.7 cm³/mol. The number of rotatable bonds is 3. The molecule has 76 valence electrons. The molecule has 0 aliphatic heterocycles. The average Bonchev–Trinajstić information content (AvgIpc) is 2.14. The molecule has 0 unspecified atom stereocenters. The van der Waals surface area contributed by atoms with Crippen molar-refractivity contribution >= 4 is 11.8 Å². The summed E-state index contributed by atoms with van der Waals surface area (Å²) in [6.07, 6.45) is 3.90. The van der Waals surface area contributed by atoms with Gasteiger partial charge in [0.2, 0.25) is 0 Å². The van der Waals surface area contributed by atoms with Crippen molar-refractivity contribution < 1.29 is 0 Å². The van der Waals surface area contributed by atoms with Crippen LogP contribution in [0.15, 0.2) is 29.2 Å². The van der Waals surface area contributed by atoms with E-state index in [1.54, 1.807) is 0 Å². The molecular weight excluding hydrogens is 190 g/mol. The highest BCUT2D eigenvalue weighted by Gasteiger charge is 2.36. The summed E-state index contributed by atoms with van der Waals surface area (Å²) in [4.78, 5) is 1.40. The quantitative estimate of drug-likeness (QED) is 0.824. The second-order valence-electron chi connectivity index (χ2n) is 4.11. The van der Waals surface area contributed by atoms with Gasteiger partial charge in [-0.3, -0.25) is 0 Å². The molecule has 1 fully saturated rings. The van der Waals surface area contributed by atoms with Gasteiger partial charge in [0.1, 0.15) is 0 Å². The van der Waals surface area contributed by atoms with Crippen molar-refractivity contribution in [3.8, 4) is 0 Å². The third-order valence-electron chi connectivity index (χ3n) is 3.06. The van der Waals surface area contributed by atoms with Gasteiger partial charge in [0.25, 0.3) is 0 Å². The molecule has 1 aromatic rings. The maximum absolute atomic E-state index is 5.85. The van der Waals surface area contributed by atoms with Crippen LogP contribution in [0.1, 0.15) is 24.8 Å². The predicted octanol–water partition coefficient (Wildman–Crippen LogP) is 2.97. The van der Waals surface area contributed by atoms with Crippen molar-refractivity contribution in [1.29, 1.82) is 0 Å². The minimum absolute atomic E-state index is 0.353. The van der Waals surface area contributed by atoms with E-state index in [1.165, 1.54) is 29.7 Å². The molecule has 1 saturated carbocycles. The summed E-state index contributed by atoms with van der Waals surface area (Å²) in [7, 11) is 0. The van der Waals surface area contributed by atoms with Gasteiger partial charge in [-0.25, -0.2) is 0 Å². The lowest BCUT2D eigenvalue weighted by Crippen LogP contribution is -2.41. The molecule has 0 radical (unpaired) electrons. The molecule has 0 heterocycles. The average molecular weight is 207 g/mol. The van der Waals surface area contributed by atoms with Crippen LogP contribution in [0, 0.1) is 6.92 Å². The van der Waals surface area contributed by atoms with Gasteiger partial charge in [0.05, 0.1) is 0 Å². The van der Waals surface area contributed by atoms with Gasteiger partial charge < -0.3 is 5.73 Å². The Morgan fingerprint density at radius 2 is 2.07 bits per heavy atom. The van der Waals surface area contributed by atoms with Crippen LogP contribution in [0.5, 0.6) is 0 Å². The first kappa shape index (κ1) is 10.1. The van der Waals surface area contributed by atoms with Crippen molar-refractivity contribution in [2.24, 2.45) is 5.73 Å². The minimum atomic E-state index is 0.353. The molecule has 2 heteroatoms. The summed E-state index contributed by atoms with van der Waals surface area (Å²) in [6.45, 7) is 2.98. The van der Waals surface area contributed by atoms with E-state index >= 15 is 0 Å². The Balaban J connectivity index is 2.13. The molecule has 1 aromatic carbocycles. The lowest BCUT2D eigenvalue weighted by atomic mass is 9.84. The van der Waals surface area contributed by atoms with Crippen molar-refractivity contribution in [2.75, 3.05) is 6.54 Å². The zero-order valence-corrected chi connectivity index (χ0v) is 9.44. The smallest absolute Gasteiger partial charge is 0.0329 e. The van der Waals surface area contributed by atoms with Gasteiger partial charge in [-0.15, -0.1) is 11.8 Å². The molecular formula is C12H17NS. The molecule has 1 aliphatic rings. The fourth-order valence-electron chi connectivity index (χ4n) is 1.82. The normalized spacial score (nSPS) is 19.0. The minimum Gasteiger partial charge on any atom is -0.329 e. The van der Waals surface area contributed by atoms with E-state index in [0.717, 1.165) is 6.54 Å². The molecule has 0 amide bonds. The maximum atomic E-state index is 5.85. The Morgan fingerprint density at radius 1 is 1.36 bits per heavy atom. The summed E-state index contributed by atoms with van der Waals surface area (Å²) >= 11 is 1.98. The molecule has 2 N–H and O–H groups in total. The van der Waals surface area contributed by atoms with Crippen molar-refractivity contribution in [3.63, 3.8) is 0 Å². The number of hydrogen-bond acceptors (Lipinski definition) is 2. The van der Waals surface area contributed by atoms with Crippen LogP contribution < -0.4 is 5.73 Å². The van der Waals surface area contributed by atoms with Crippen LogP contribution in [-0.4, -0.2) is 11.3 Å². The first-order chi connectivity index (χ1) is 6.76. The van der Waals surface area contributed by atoms with Crippen LogP contribution in [-0.2, 0) is 0 Å². The van der Waals surface area contributed by atoms with E-state index in [1.807, 2.05) is 11.8 Å². The van der Waals surface area contributed by atoms with Gasteiger partial charge in [-0.2, -0.15) is 0 Å². The van der Waals surface area contributed by atoms with Crippen LogP contribution in [0.3, 0.4) is 0 Å². The van der Waals surface area contributed by atoms with E-state index in [4.69, 9.17) is 5.73 Å². The Hall–Kier alpha value is -0.470. The topological polar surface area (TPSA) is 26.0 Å². The number of nitrogens with two attached hydrogens (primary N) is 1. The molecule has 1 nitrogen and oxygen atoms in total. The van der Waals surface area contributed by atoms with Crippen molar-refractivity contribution in [2.45, 2.75) is 35.8 Å². The van der Waals surface area contributed by atoms with Crippen molar-refractivity contribution in [1.82, 2.24) is 0 Å². The summed E-state index contributed by atoms with van der Waals surface area (Å²) < 4.78 is 0.353. The Labute approximate surface area is 90.1 Å². The van der Waals surface area contributed by atoms with Crippen molar-refractivity contribution in [3.05, 3.63) is 29.8 Å². The van der Waals surface area contributed by atoms with Crippen LogP contribution in [0.4, 0.5) is 0 Å². The third kappa shape index (κ3) is 1.82. The van der Waals surface area contributed by atoms with Gasteiger partial charge in [0, 0.05) is 16.2 Å². The molecule has 0 spiro atoms. The number of benzene rings is 1. The van der Waals surface area contributed by atoms with Gasteiger partial charge in [-0.05, 0) is 31.4 Å².